The molecule has 0 unspecified atom stereocenters. The zero-order chi connectivity index (χ0) is 10.4. The number of amides is 1. The minimum Gasteiger partial charge on any atom is -0.361 e. The maximum atomic E-state index is 11.1. The van der Waals surface area contributed by atoms with E-state index in [2.05, 4.69) is 31.5 Å². The quantitative estimate of drug-likeness (QED) is 0.858. The molecular formula is C9H12BrN3O. The van der Waals surface area contributed by atoms with Crippen LogP contribution in [-0.4, -0.2) is 24.0 Å². The van der Waals surface area contributed by atoms with Crippen LogP contribution in [0, 0.1) is 0 Å². The number of aromatic nitrogens is 1. The van der Waals surface area contributed by atoms with Gasteiger partial charge in [0.2, 0.25) is 5.91 Å². The van der Waals surface area contributed by atoms with Crippen molar-refractivity contribution < 1.29 is 4.79 Å². The SMILES string of the molecule is CCNC(=O)CNc1cc(Br)ccn1. The Morgan fingerprint density at radius 3 is 3.07 bits per heavy atom. The highest BCUT2D eigenvalue weighted by atomic mass is 79.9. The van der Waals surface area contributed by atoms with Crippen LogP contribution in [0.3, 0.4) is 0 Å². The first-order valence-corrected chi connectivity index (χ1v) is 5.14. The average molecular weight is 258 g/mol. The molecule has 0 fully saturated rings. The second kappa shape index (κ2) is 5.59. The standard InChI is InChI=1S/C9H12BrN3O/c1-2-11-9(14)6-13-8-5-7(10)3-4-12-8/h3-5H,2,6H2,1H3,(H,11,14)(H,12,13). The molecule has 0 spiro atoms. The van der Waals surface area contributed by atoms with Gasteiger partial charge in [0.15, 0.2) is 0 Å². The summed E-state index contributed by atoms with van der Waals surface area (Å²) in [6, 6.07) is 3.65. The first-order valence-electron chi connectivity index (χ1n) is 4.34. The van der Waals surface area contributed by atoms with E-state index in [4.69, 9.17) is 0 Å². The van der Waals surface area contributed by atoms with Crippen LogP contribution in [0.4, 0.5) is 5.82 Å². The lowest BCUT2D eigenvalue weighted by molar-refractivity contribution is -0.119. The van der Waals surface area contributed by atoms with Crippen LogP contribution in [0.5, 0.6) is 0 Å². The summed E-state index contributed by atoms with van der Waals surface area (Å²) < 4.78 is 0.936. The molecular weight excluding hydrogens is 246 g/mol. The molecule has 0 atom stereocenters. The van der Waals surface area contributed by atoms with Gasteiger partial charge in [-0.2, -0.15) is 0 Å². The van der Waals surface area contributed by atoms with E-state index in [1.165, 1.54) is 0 Å². The number of hydrogen-bond donors (Lipinski definition) is 2. The zero-order valence-electron chi connectivity index (χ0n) is 7.88. The van der Waals surface area contributed by atoms with Crippen LogP contribution < -0.4 is 10.6 Å². The fraction of sp³-hybridized carbons (Fsp3) is 0.333. The molecule has 1 aromatic heterocycles. The van der Waals surface area contributed by atoms with Crippen molar-refractivity contribution in [2.75, 3.05) is 18.4 Å². The molecule has 0 saturated heterocycles. The van der Waals surface area contributed by atoms with Gasteiger partial charge in [0.1, 0.15) is 5.82 Å². The molecule has 2 N–H and O–H groups in total. The van der Waals surface area contributed by atoms with Gasteiger partial charge in [-0.1, -0.05) is 15.9 Å². The van der Waals surface area contributed by atoms with Crippen LogP contribution in [-0.2, 0) is 4.79 Å². The zero-order valence-corrected chi connectivity index (χ0v) is 9.47. The van der Waals surface area contributed by atoms with Crippen LogP contribution in [0.15, 0.2) is 22.8 Å². The lowest BCUT2D eigenvalue weighted by atomic mass is 10.4. The first kappa shape index (κ1) is 11.0. The molecule has 0 aliphatic carbocycles. The van der Waals surface area contributed by atoms with Crippen molar-refractivity contribution in [2.45, 2.75) is 6.92 Å². The number of hydrogen-bond acceptors (Lipinski definition) is 3. The first-order chi connectivity index (χ1) is 6.72. The molecule has 76 valence electrons. The number of pyridine rings is 1. The summed E-state index contributed by atoms with van der Waals surface area (Å²) in [7, 11) is 0. The molecule has 0 saturated carbocycles. The van der Waals surface area contributed by atoms with Crippen molar-refractivity contribution in [3.63, 3.8) is 0 Å². The highest BCUT2D eigenvalue weighted by molar-refractivity contribution is 9.10. The fourth-order valence-corrected chi connectivity index (χ4v) is 1.27. The number of nitrogens with one attached hydrogen (secondary N) is 2. The lowest BCUT2D eigenvalue weighted by Crippen LogP contribution is -2.29. The van der Waals surface area contributed by atoms with Gasteiger partial charge in [0.05, 0.1) is 6.54 Å². The average Bonchev–Trinajstić information content (AvgIpc) is 2.15. The number of rotatable bonds is 4. The summed E-state index contributed by atoms with van der Waals surface area (Å²) in [5.74, 6) is 0.653. The van der Waals surface area contributed by atoms with Crippen LogP contribution >= 0.6 is 15.9 Å². The molecule has 14 heavy (non-hydrogen) atoms. The Morgan fingerprint density at radius 1 is 1.64 bits per heavy atom. The van der Waals surface area contributed by atoms with E-state index in [0.717, 1.165) is 4.47 Å². The number of anilines is 1. The van der Waals surface area contributed by atoms with E-state index in [9.17, 15) is 4.79 Å². The molecule has 5 heteroatoms. The van der Waals surface area contributed by atoms with E-state index in [1.54, 1.807) is 6.20 Å². The Balaban J connectivity index is 2.41. The Kier molecular flexibility index (Phi) is 4.39. The minimum absolute atomic E-state index is 0.0331. The predicted octanol–water partition coefficient (Wildman–Crippen LogP) is 1.39. The van der Waals surface area contributed by atoms with Crippen molar-refractivity contribution in [3.8, 4) is 0 Å². The summed E-state index contributed by atoms with van der Waals surface area (Å²) in [6.45, 7) is 2.78. The van der Waals surface area contributed by atoms with E-state index < -0.39 is 0 Å². The third-order valence-electron chi connectivity index (χ3n) is 1.53. The monoisotopic (exact) mass is 257 g/mol. The molecule has 1 rings (SSSR count). The number of carbonyl (C=O) groups is 1. The van der Waals surface area contributed by atoms with Gasteiger partial charge >= 0.3 is 0 Å². The lowest BCUT2D eigenvalue weighted by Gasteiger charge is -2.05. The summed E-state index contributed by atoms with van der Waals surface area (Å²) in [5.41, 5.74) is 0. The van der Waals surface area contributed by atoms with E-state index in [1.807, 2.05) is 19.1 Å². The third kappa shape index (κ3) is 3.74. The molecule has 0 bridgehead atoms. The highest BCUT2D eigenvalue weighted by Gasteiger charge is 1.99. The summed E-state index contributed by atoms with van der Waals surface area (Å²) in [6.07, 6.45) is 1.67. The van der Waals surface area contributed by atoms with E-state index >= 15 is 0 Å². The van der Waals surface area contributed by atoms with Gasteiger partial charge in [0, 0.05) is 17.2 Å². The number of carbonyl (C=O) groups excluding carboxylic acids is 1. The molecule has 4 nitrogen and oxygen atoms in total. The molecule has 1 heterocycles. The molecule has 0 aromatic carbocycles. The summed E-state index contributed by atoms with van der Waals surface area (Å²) >= 11 is 3.32. The van der Waals surface area contributed by atoms with Crippen LogP contribution in [0.2, 0.25) is 0 Å². The number of nitrogens with zero attached hydrogens (tertiary/aromatic N) is 1. The van der Waals surface area contributed by atoms with Gasteiger partial charge in [-0.25, -0.2) is 4.98 Å². The van der Waals surface area contributed by atoms with Crippen molar-refractivity contribution in [3.05, 3.63) is 22.8 Å². The van der Waals surface area contributed by atoms with Crippen LogP contribution in [0.1, 0.15) is 6.92 Å². The Labute approximate surface area is 91.2 Å². The maximum Gasteiger partial charge on any atom is 0.239 e. The van der Waals surface area contributed by atoms with Crippen molar-refractivity contribution in [1.29, 1.82) is 0 Å². The van der Waals surface area contributed by atoms with E-state index in [0.29, 0.717) is 12.4 Å². The molecule has 0 aliphatic rings. The van der Waals surface area contributed by atoms with Crippen LogP contribution in [0.25, 0.3) is 0 Å². The van der Waals surface area contributed by atoms with Crippen molar-refractivity contribution in [2.24, 2.45) is 0 Å². The maximum absolute atomic E-state index is 11.1. The second-order valence-corrected chi connectivity index (χ2v) is 3.58. The highest BCUT2D eigenvalue weighted by Crippen LogP contribution is 2.11. The van der Waals surface area contributed by atoms with Gasteiger partial charge in [-0.05, 0) is 19.1 Å². The largest absolute Gasteiger partial charge is 0.361 e. The van der Waals surface area contributed by atoms with Crippen molar-refractivity contribution in [1.82, 2.24) is 10.3 Å². The van der Waals surface area contributed by atoms with Gasteiger partial charge in [0.25, 0.3) is 0 Å². The van der Waals surface area contributed by atoms with Gasteiger partial charge in [-0.3, -0.25) is 4.79 Å². The second-order valence-electron chi connectivity index (χ2n) is 2.67. The normalized spacial score (nSPS) is 9.57. The Bertz CT molecular complexity index is 317. The Morgan fingerprint density at radius 2 is 2.43 bits per heavy atom. The fourth-order valence-electron chi connectivity index (χ4n) is 0.932. The Hall–Kier alpha value is -1.10. The third-order valence-corrected chi connectivity index (χ3v) is 2.02. The van der Waals surface area contributed by atoms with Crippen molar-refractivity contribution >= 4 is 27.7 Å². The van der Waals surface area contributed by atoms with E-state index in [-0.39, 0.29) is 12.5 Å². The number of halogens is 1. The predicted molar refractivity (Wildman–Crippen MR) is 59.1 cm³/mol. The topological polar surface area (TPSA) is 54.0 Å². The number of likely N-dealkylation sites (N-methyl/N-ethyl adjacent to an activating group) is 1. The van der Waals surface area contributed by atoms with Gasteiger partial charge < -0.3 is 10.6 Å². The molecule has 0 radical (unpaired) electrons. The molecule has 1 aromatic rings. The summed E-state index contributed by atoms with van der Waals surface area (Å²) in [4.78, 5) is 15.1. The smallest absolute Gasteiger partial charge is 0.239 e. The molecule has 0 aliphatic heterocycles. The minimum atomic E-state index is -0.0331. The van der Waals surface area contributed by atoms with Gasteiger partial charge in [-0.15, -0.1) is 0 Å². The summed E-state index contributed by atoms with van der Waals surface area (Å²) in [5, 5.41) is 5.61. The molecule has 1 amide bonds.